The molecule has 0 amide bonds. The van der Waals surface area contributed by atoms with Gasteiger partial charge in [0, 0.05) is 12.6 Å². The predicted octanol–water partition coefficient (Wildman–Crippen LogP) is 1.15. The first-order valence-corrected chi connectivity index (χ1v) is 3.62. The second kappa shape index (κ2) is 4.94. The van der Waals surface area contributed by atoms with E-state index < -0.39 is 0 Å². The predicted molar refractivity (Wildman–Crippen MR) is 44.8 cm³/mol. The van der Waals surface area contributed by atoms with Gasteiger partial charge in [-0.25, -0.2) is 0 Å². The minimum Gasteiger partial charge on any atom is -0.378 e. The van der Waals surface area contributed by atoms with Crippen LogP contribution in [-0.4, -0.2) is 37.7 Å². The summed E-state index contributed by atoms with van der Waals surface area (Å²) in [5.74, 6) is 0. The first-order valence-electron chi connectivity index (χ1n) is 3.62. The van der Waals surface area contributed by atoms with E-state index in [2.05, 4.69) is 18.9 Å². The number of rotatable bonds is 1. The summed E-state index contributed by atoms with van der Waals surface area (Å²) in [6.07, 6.45) is 1.20. The Hall–Kier alpha value is 0.210. The van der Waals surface area contributed by atoms with Gasteiger partial charge in [-0.2, -0.15) is 0 Å². The van der Waals surface area contributed by atoms with Crippen molar-refractivity contribution in [3.8, 4) is 0 Å². The van der Waals surface area contributed by atoms with Gasteiger partial charge in [0.05, 0.1) is 13.2 Å². The van der Waals surface area contributed by atoms with Gasteiger partial charge in [0.2, 0.25) is 0 Å². The van der Waals surface area contributed by atoms with Crippen LogP contribution in [0.3, 0.4) is 0 Å². The van der Waals surface area contributed by atoms with Crippen LogP contribution in [0, 0.1) is 0 Å². The summed E-state index contributed by atoms with van der Waals surface area (Å²) in [7, 11) is 2.16. The number of morpholine rings is 1. The average Bonchev–Trinajstić information content (AvgIpc) is 1.89. The molecule has 3 heteroatoms. The molecule has 0 aromatic heterocycles. The molecule has 0 radical (unpaired) electrons. The molecule has 0 spiro atoms. The van der Waals surface area contributed by atoms with Crippen LogP contribution in [0.1, 0.15) is 13.3 Å². The topological polar surface area (TPSA) is 12.5 Å². The molecule has 1 heterocycles. The smallest absolute Gasteiger partial charge is 0.0622 e. The first-order chi connectivity index (χ1) is 4.34. The SMILES string of the molecule is CCC1COCCN1C.Cl. The zero-order valence-electron chi connectivity index (χ0n) is 6.67. The van der Waals surface area contributed by atoms with E-state index in [-0.39, 0.29) is 12.4 Å². The van der Waals surface area contributed by atoms with Crippen LogP contribution >= 0.6 is 12.4 Å². The zero-order valence-corrected chi connectivity index (χ0v) is 7.49. The van der Waals surface area contributed by atoms with Crippen molar-refractivity contribution in [3.05, 3.63) is 0 Å². The van der Waals surface area contributed by atoms with Crippen molar-refractivity contribution in [2.75, 3.05) is 26.8 Å². The Labute approximate surface area is 68.9 Å². The summed E-state index contributed by atoms with van der Waals surface area (Å²) < 4.78 is 5.30. The summed E-state index contributed by atoms with van der Waals surface area (Å²) in [5.41, 5.74) is 0. The molecule has 0 saturated carbocycles. The zero-order chi connectivity index (χ0) is 6.69. The Morgan fingerprint density at radius 3 is 2.70 bits per heavy atom. The third-order valence-electron chi connectivity index (χ3n) is 1.99. The Balaban J connectivity index is 0.000000810. The van der Waals surface area contributed by atoms with Gasteiger partial charge in [-0.15, -0.1) is 12.4 Å². The molecule has 1 aliphatic rings. The van der Waals surface area contributed by atoms with Crippen LogP contribution in [0.15, 0.2) is 0 Å². The quantitative estimate of drug-likeness (QED) is 0.578. The summed E-state index contributed by atoms with van der Waals surface area (Å²) in [6.45, 7) is 5.13. The molecule has 10 heavy (non-hydrogen) atoms. The maximum Gasteiger partial charge on any atom is 0.0622 e. The number of likely N-dealkylation sites (N-methyl/N-ethyl adjacent to an activating group) is 1. The second-order valence-corrected chi connectivity index (χ2v) is 2.62. The van der Waals surface area contributed by atoms with Gasteiger partial charge in [-0.1, -0.05) is 6.92 Å². The van der Waals surface area contributed by atoms with Crippen molar-refractivity contribution in [1.82, 2.24) is 4.90 Å². The summed E-state index contributed by atoms with van der Waals surface area (Å²) in [5, 5.41) is 0. The molecule has 1 unspecified atom stereocenters. The van der Waals surface area contributed by atoms with Gasteiger partial charge >= 0.3 is 0 Å². The number of hydrogen-bond donors (Lipinski definition) is 0. The molecule has 2 nitrogen and oxygen atoms in total. The van der Waals surface area contributed by atoms with Crippen molar-refractivity contribution in [3.63, 3.8) is 0 Å². The third kappa shape index (κ3) is 2.45. The highest BCUT2D eigenvalue weighted by Crippen LogP contribution is 2.06. The fourth-order valence-electron chi connectivity index (χ4n) is 1.17. The number of ether oxygens (including phenoxy) is 1. The van der Waals surface area contributed by atoms with Gasteiger partial charge in [0.1, 0.15) is 0 Å². The van der Waals surface area contributed by atoms with Crippen molar-refractivity contribution < 1.29 is 4.74 Å². The number of halogens is 1. The Kier molecular flexibility index (Phi) is 5.04. The van der Waals surface area contributed by atoms with Crippen molar-refractivity contribution >= 4 is 12.4 Å². The standard InChI is InChI=1S/C7H15NO.ClH/c1-3-7-6-9-5-4-8(7)2;/h7H,3-6H2,1-2H3;1H. The molecule has 0 aromatic carbocycles. The highest BCUT2D eigenvalue weighted by molar-refractivity contribution is 5.85. The van der Waals surface area contributed by atoms with E-state index in [1.807, 2.05) is 0 Å². The highest BCUT2D eigenvalue weighted by atomic mass is 35.5. The van der Waals surface area contributed by atoms with Gasteiger partial charge in [-0.3, -0.25) is 4.90 Å². The van der Waals surface area contributed by atoms with Crippen molar-refractivity contribution in [2.45, 2.75) is 19.4 Å². The summed E-state index contributed by atoms with van der Waals surface area (Å²) >= 11 is 0. The van der Waals surface area contributed by atoms with Crippen LogP contribution in [-0.2, 0) is 4.74 Å². The van der Waals surface area contributed by atoms with Crippen molar-refractivity contribution in [2.24, 2.45) is 0 Å². The van der Waals surface area contributed by atoms with E-state index in [1.54, 1.807) is 0 Å². The Morgan fingerprint density at radius 2 is 2.30 bits per heavy atom. The maximum absolute atomic E-state index is 5.30. The van der Waals surface area contributed by atoms with E-state index in [9.17, 15) is 0 Å². The van der Waals surface area contributed by atoms with E-state index >= 15 is 0 Å². The summed E-state index contributed by atoms with van der Waals surface area (Å²) in [4.78, 5) is 2.36. The van der Waals surface area contributed by atoms with Crippen LogP contribution < -0.4 is 0 Å². The normalized spacial score (nSPS) is 27.6. The van der Waals surface area contributed by atoms with Crippen LogP contribution in [0.2, 0.25) is 0 Å². The Bertz CT molecular complexity index is 89.7. The largest absolute Gasteiger partial charge is 0.378 e. The van der Waals surface area contributed by atoms with E-state index in [0.29, 0.717) is 6.04 Å². The first kappa shape index (κ1) is 10.2. The minimum absolute atomic E-state index is 0. The fourth-order valence-corrected chi connectivity index (χ4v) is 1.17. The lowest BCUT2D eigenvalue weighted by molar-refractivity contribution is 0.00477. The van der Waals surface area contributed by atoms with E-state index in [0.717, 1.165) is 19.8 Å². The maximum atomic E-state index is 5.30. The van der Waals surface area contributed by atoms with E-state index in [4.69, 9.17) is 4.74 Å². The van der Waals surface area contributed by atoms with Gasteiger partial charge in [0.15, 0.2) is 0 Å². The highest BCUT2D eigenvalue weighted by Gasteiger charge is 2.16. The second-order valence-electron chi connectivity index (χ2n) is 2.62. The lowest BCUT2D eigenvalue weighted by Crippen LogP contribution is -2.42. The Morgan fingerprint density at radius 1 is 1.60 bits per heavy atom. The molecule has 0 aromatic rings. The number of hydrogen-bond acceptors (Lipinski definition) is 2. The molecular formula is C7H16ClNO. The van der Waals surface area contributed by atoms with Gasteiger partial charge < -0.3 is 4.74 Å². The fraction of sp³-hybridized carbons (Fsp3) is 1.00. The molecule has 1 fully saturated rings. The van der Waals surface area contributed by atoms with Gasteiger partial charge in [0.25, 0.3) is 0 Å². The molecule has 0 bridgehead atoms. The lowest BCUT2D eigenvalue weighted by Gasteiger charge is -2.31. The molecule has 1 aliphatic heterocycles. The molecule has 1 rings (SSSR count). The van der Waals surface area contributed by atoms with E-state index in [1.165, 1.54) is 6.42 Å². The molecule has 1 saturated heterocycles. The summed E-state index contributed by atoms with van der Waals surface area (Å²) in [6, 6.07) is 0.666. The molecule has 0 aliphatic carbocycles. The molecule has 62 valence electrons. The monoisotopic (exact) mass is 165 g/mol. The van der Waals surface area contributed by atoms with Crippen LogP contribution in [0.4, 0.5) is 0 Å². The number of nitrogens with zero attached hydrogens (tertiary/aromatic N) is 1. The van der Waals surface area contributed by atoms with Gasteiger partial charge in [-0.05, 0) is 13.5 Å². The molecule has 1 atom stereocenters. The van der Waals surface area contributed by atoms with Crippen molar-refractivity contribution in [1.29, 1.82) is 0 Å². The van der Waals surface area contributed by atoms with Crippen LogP contribution in [0.25, 0.3) is 0 Å². The van der Waals surface area contributed by atoms with Crippen LogP contribution in [0.5, 0.6) is 0 Å². The minimum atomic E-state index is 0. The third-order valence-corrected chi connectivity index (χ3v) is 1.99. The molecular weight excluding hydrogens is 150 g/mol. The molecule has 0 N–H and O–H groups in total. The average molecular weight is 166 g/mol. The lowest BCUT2D eigenvalue weighted by atomic mass is 10.2.